The van der Waals surface area contributed by atoms with Crippen molar-refractivity contribution in [3.63, 3.8) is 0 Å². The highest BCUT2D eigenvalue weighted by molar-refractivity contribution is 6.36. The molecule has 0 fully saturated rings. The van der Waals surface area contributed by atoms with Crippen molar-refractivity contribution in [1.82, 2.24) is 0 Å². The third-order valence-electron chi connectivity index (χ3n) is 2.59. The monoisotopic (exact) mass is 322 g/mol. The Labute approximate surface area is 133 Å². The van der Waals surface area contributed by atoms with Crippen LogP contribution in [0, 0.1) is 17.2 Å². The summed E-state index contributed by atoms with van der Waals surface area (Å²) in [5, 5.41) is 9.06. The lowest BCUT2D eigenvalue weighted by molar-refractivity contribution is -0.144. The lowest BCUT2D eigenvalue weighted by atomic mass is 10.2. The Morgan fingerprint density at radius 3 is 2.82 bits per heavy atom. The first-order valence-corrected chi connectivity index (χ1v) is 6.90. The van der Waals surface area contributed by atoms with Crippen molar-refractivity contribution in [2.45, 2.75) is 13.3 Å². The number of nitrogens with zero attached hydrogens (tertiary/aromatic N) is 2. The first-order valence-electron chi connectivity index (χ1n) is 6.52. The maximum absolute atomic E-state index is 11.6. The van der Waals surface area contributed by atoms with E-state index >= 15 is 0 Å². The van der Waals surface area contributed by atoms with Gasteiger partial charge in [0.1, 0.15) is 0 Å². The number of esters is 2. The Morgan fingerprint density at radius 1 is 1.50 bits per heavy atom. The van der Waals surface area contributed by atoms with Crippen LogP contribution in [-0.2, 0) is 14.3 Å². The number of ether oxygens (including phenoxy) is 2. The second-order valence-corrected chi connectivity index (χ2v) is 4.56. The topological polar surface area (TPSA) is 88.8 Å². The molecular weight excluding hydrogens is 308 g/mol. The van der Waals surface area contributed by atoms with E-state index in [4.69, 9.17) is 21.6 Å². The third-order valence-corrected chi connectivity index (χ3v) is 2.99. The van der Waals surface area contributed by atoms with E-state index in [1.54, 1.807) is 18.2 Å². The van der Waals surface area contributed by atoms with Crippen LogP contribution in [0.1, 0.15) is 23.7 Å². The van der Waals surface area contributed by atoms with Crippen molar-refractivity contribution in [2.75, 3.05) is 13.7 Å². The van der Waals surface area contributed by atoms with Crippen LogP contribution in [0.4, 0.5) is 5.69 Å². The smallest absolute Gasteiger partial charge is 0.339 e. The quantitative estimate of drug-likeness (QED) is 0.593. The van der Waals surface area contributed by atoms with E-state index in [0.717, 1.165) is 6.21 Å². The van der Waals surface area contributed by atoms with Crippen molar-refractivity contribution in [3.05, 3.63) is 28.8 Å². The molecule has 22 heavy (non-hydrogen) atoms. The highest BCUT2D eigenvalue weighted by atomic mass is 35.5. The maximum atomic E-state index is 11.6. The number of rotatable bonds is 6. The SMILES string of the molecule is CCCOC(=O)C(C#N)C=Nc1cccc(C(=O)OC)c1Cl. The molecule has 0 aliphatic rings. The van der Waals surface area contributed by atoms with E-state index in [-0.39, 0.29) is 22.9 Å². The van der Waals surface area contributed by atoms with Crippen molar-refractivity contribution >= 4 is 35.4 Å². The molecule has 0 amide bonds. The summed E-state index contributed by atoms with van der Waals surface area (Å²) in [5.41, 5.74) is 0.411. The van der Waals surface area contributed by atoms with Gasteiger partial charge in [-0.1, -0.05) is 24.6 Å². The molecular formula is C15H15ClN2O4. The summed E-state index contributed by atoms with van der Waals surface area (Å²) in [7, 11) is 1.24. The second-order valence-electron chi connectivity index (χ2n) is 4.18. The molecule has 1 rings (SSSR count). The average Bonchev–Trinajstić information content (AvgIpc) is 2.54. The van der Waals surface area contributed by atoms with Crippen LogP contribution in [0.5, 0.6) is 0 Å². The normalized spacial score (nSPS) is 11.7. The number of nitriles is 1. The molecule has 1 aromatic carbocycles. The average molecular weight is 323 g/mol. The number of methoxy groups -OCH3 is 1. The van der Waals surface area contributed by atoms with E-state index in [0.29, 0.717) is 6.42 Å². The van der Waals surface area contributed by atoms with E-state index < -0.39 is 17.9 Å². The van der Waals surface area contributed by atoms with Gasteiger partial charge in [0.25, 0.3) is 0 Å². The summed E-state index contributed by atoms with van der Waals surface area (Å²) in [4.78, 5) is 27.1. The number of hydrogen-bond donors (Lipinski definition) is 0. The lowest BCUT2D eigenvalue weighted by Crippen LogP contribution is -2.17. The van der Waals surface area contributed by atoms with Gasteiger partial charge in [-0.2, -0.15) is 5.26 Å². The summed E-state index contributed by atoms with van der Waals surface area (Å²) in [6.07, 6.45) is 1.80. The van der Waals surface area contributed by atoms with E-state index in [1.165, 1.54) is 13.2 Å². The molecule has 0 heterocycles. The molecule has 1 aromatic rings. The van der Waals surface area contributed by atoms with E-state index in [9.17, 15) is 9.59 Å². The number of carbonyl (C=O) groups is 2. The van der Waals surface area contributed by atoms with Crippen molar-refractivity contribution in [3.8, 4) is 6.07 Å². The summed E-state index contributed by atoms with van der Waals surface area (Å²) in [5.74, 6) is -2.40. The summed E-state index contributed by atoms with van der Waals surface area (Å²) in [6.45, 7) is 2.09. The first-order chi connectivity index (χ1) is 10.5. The van der Waals surface area contributed by atoms with Gasteiger partial charge in [0.15, 0.2) is 5.92 Å². The summed E-state index contributed by atoms with van der Waals surface area (Å²) >= 11 is 6.06. The standard InChI is InChI=1S/C15H15ClN2O4/c1-3-7-22-14(19)10(8-17)9-18-12-6-4-5-11(13(12)16)15(20)21-2/h4-6,9-10H,3,7H2,1-2H3. The Bertz CT molecular complexity index is 622. The molecule has 1 atom stereocenters. The molecule has 0 saturated carbocycles. The van der Waals surface area contributed by atoms with Crippen molar-refractivity contribution in [1.29, 1.82) is 5.26 Å². The van der Waals surface area contributed by atoms with Crippen LogP contribution in [0.3, 0.4) is 0 Å². The largest absolute Gasteiger partial charge is 0.465 e. The van der Waals surface area contributed by atoms with Crippen molar-refractivity contribution < 1.29 is 19.1 Å². The molecule has 0 spiro atoms. The number of hydrogen-bond acceptors (Lipinski definition) is 6. The van der Waals surface area contributed by atoms with Gasteiger partial charge in [-0.05, 0) is 18.6 Å². The molecule has 0 bridgehead atoms. The van der Waals surface area contributed by atoms with Crippen LogP contribution < -0.4 is 0 Å². The Kier molecular flexibility index (Phi) is 7.06. The fourth-order valence-corrected chi connectivity index (χ4v) is 1.73. The Balaban J connectivity index is 2.96. The molecule has 0 aliphatic heterocycles. The minimum atomic E-state index is -1.13. The predicted octanol–water partition coefficient (Wildman–Crippen LogP) is 2.92. The fraction of sp³-hybridized carbons (Fsp3) is 0.333. The molecule has 0 aromatic heterocycles. The minimum Gasteiger partial charge on any atom is -0.465 e. The van der Waals surface area contributed by atoms with Gasteiger partial charge in [-0.25, -0.2) is 4.79 Å². The predicted molar refractivity (Wildman–Crippen MR) is 81.3 cm³/mol. The van der Waals surface area contributed by atoms with E-state index in [1.807, 2.05) is 6.92 Å². The van der Waals surface area contributed by atoms with Gasteiger partial charge in [0, 0.05) is 6.21 Å². The Morgan fingerprint density at radius 2 is 2.23 bits per heavy atom. The highest BCUT2D eigenvalue weighted by Gasteiger charge is 2.18. The Hall–Kier alpha value is -2.39. The zero-order chi connectivity index (χ0) is 16.5. The fourth-order valence-electron chi connectivity index (χ4n) is 1.48. The highest BCUT2D eigenvalue weighted by Crippen LogP contribution is 2.28. The van der Waals surface area contributed by atoms with Gasteiger partial charge in [-0.15, -0.1) is 0 Å². The molecule has 0 saturated heterocycles. The second kappa shape index (κ2) is 8.80. The maximum Gasteiger partial charge on any atom is 0.339 e. The summed E-state index contributed by atoms with van der Waals surface area (Å²) < 4.78 is 9.48. The molecule has 7 heteroatoms. The van der Waals surface area contributed by atoms with Gasteiger partial charge in [0.05, 0.1) is 36.1 Å². The van der Waals surface area contributed by atoms with E-state index in [2.05, 4.69) is 9.73 Å². The van der Waals surface area contributed by atoms with Gasteiger partial charge in [-0.3, -0.25) is 9.79 Å². The molecule has 0 aliphatic carbocycles. The number of aliphatic imine (C=N–C) groups is 1. The van der Waals surface area contributed by atoms with Crippen molar-refractivity contribution in [2.24, 2.45) is 10.9 Å². The van der Waals surface area contributed by atoms with Crippen LogP contribution >= 0.6 is 11.6 Å². The first kappa shape index (κ1) is 17.7. The van der Waals surface area contributed by atoms with Crippen LogP contribution in [0.2, 0.25) is 5.02 Å². The van der Waals surface area contributed by atoms with Gasteiger partial charge < -0.3 is 9.47 Å². The number of halogens is 1. The molecule has 0 N–H and O–H groups in total. The number of benzene rings is 1. The third kappa shape index (κ3) is 4.57. The van der Waals surface area contributed by atoms with Gasteiger partial charge in [0.2, 0.25) is 0 Å². The molecule has 0 radical (unpaired) electrons. The molecule has 1 unspecified atom stereocenters. The van der Waals surface area contributed by atoms with Crippen LogP contribution in [-0.4, -0.2) is 31.9 Å². The number of carbonyl (C=O) groups excluding carboxylic acids is 2. The summed E-state index contributed by atoms with van der Waals surface area (Å²) in [6, 6.07) is 6.40. The van der Waals surface area contributed by atoms with Crippen LogP contribution in [0.25, 0.3) is 0 Å². The zero-order valence-corrected chi connectivity index (χ0v) is 13.0. The molecule has 116 valence electrons. The minimum absolute atomic E-state index is 0.0872. The van der Waals surface area contributed by atoms with Gasteiger partial charge >= 0.3 is 11.9 Å². The lowest BCUT2D eigenvalue weighted by Gasteiger charge is -2.06. The zero-order valence-electron chi connectivity index (χ0n) is 12.2. The van der Waals surface area contributed by atoms with Crippen LogP contribution in [0.15, 0.2) is 23.2 Å². The molecule has 6 nitrogen and oxygen atoms in total.